The second-order valence-corrected chi connectivity index (χ2v) is 11.7. The molecule has 10 heteroatoms. The van der Waals surface area contributed by atoms with Gasteiger partial charge in [0.1, 0.15) is 18.2 Å². The van der Waals surface area contributed by atoms with Gasteiger partial charge in [-0.05, 0) is 78.5 Å². The highest BCUT2D eigenvalue weighted by Crippen LogP contribution is 2.40. The van der Waals surface area contributed by atoms with Crippen molar-refractivity contribution in [2.24, 2.45) is 5.92 Å². The molecule has 2 N–H and O–H groups in total. The van der Waals surface area contributed by atoms with E-state index in [1.807, 2.05) is 12.1 Å². The third kappa shape index (κ3) is 8.22. The van der Waals surface area contributed by atoms with E-state index in [1.165, 1.54) is 48.1 Å². The Morgan fingerprint density at radius 3 is 2.40 bits per heavy atom. The van der Waals surface area contributed by atoms with Crippen LogP contribution in [-0.4, -0.2) is 57.7 Å². The smallest absolute Gasteiger partial charge is 0.491 e. The van der Waals surface area contributed by atoms with Gasteiger partial charge in [-0.2, -0.15) is 0 Å². The predicted octanol–water partition coefficient (Wildman–Crippen LogP) is 6.86. The number of fused-ring (bicyclic) bond motifs is 1. The summed E-state index contributed by atoms with van der Waals surface area (Å²) in [6.07, 6.45) is 7.95. The highest BCUT2D eigenvalue weighted by atomic mass is 35.5. The SMILES string of the molecule is CCc1cc(CN(CC2CCCCC2)C2CCc3cc(F)c(Cl)cc32)ccc1OCCN1C(=O)CCC1=O.O=C(O)O. The van der Waals surface area contributed by atoms with E-state index in [4.69, 9.17) is 31.3 Å². The average Bonchev–Trinajstić information content (AvgIpc) is 3.51. The number of halogens is 2. The molecule has 0 bridgehead atoms. The Morgan fingerprint density at radius 1 is 1.05 bits per heavy atom. The molecular formula is C32H40ClFN2O6. The van der Waals surface area contributed by atoms with Crippen LogP contribution in [0.4, 0.5) is 9.18 Å². The van der Waals surface area contributed by atoms with Crippen molar-refractivity contribution in [2.75, 3.05) is 19.7 Å². The summed E-state index contributed by atoms with van der Waals surface area (Å²) in [5.74, 6) is 0.947. The molecule has 2 amide bonds. The molecule has 0 radical (unpaired) electrons. The Kier molecular flexibility index (Phi) is 11.2. The van der Waals surface area contributed by atoms with Crippen LogP contribution in [0, 0.1) is 11.7 Å². The summed E-state index contributed by atoms with van der Waals surface area (Å²) in [4.78, 5) is 36.2. The summed E-state index contributed by atoms with van der Waals surface area (Å²) < 4.78 is 20.2. The number of carbonyl (C=O) groups excluding carboxylic acids is 2. The molecule has 5 rings (SSSR count). The first-order valence-corrected chi connectivity index (χ1v) is 15.3. The Bertz CT molecular complexity index is 1260. The van der Waals surface area contributed by atoms with Crippen LogP contribution in [0.25, 0.3) is 0 Å². The summed E-state index contributed by atoms with van der Waals surface area (Å²) in [7, 11) is 0. The molecule has 1 saturated heterocycles. The molecule has 1 saturated carbocycles. The van der Waals surface area contributed by atoms with E-state index < -0.39 is 6.16 Å². The summed E-state index contributed by atoms with van der Waals surface area (Å²) >= 11 is 6.22. The topological polar surface area (TPSA) is 107 Å². The van der Waals surface area contributed by atoms with Gasteiger partial charge >= 0.3 is 6.16 Å². The molecule has 1 aliphatic heterocycles. The second-order valence-electron chi connectivity index (χ2n) is 11.3. The number of aryl methyl sites for hydroxylation is 2. The third-order valence-electron chi connectivity index (χ3n) is 8.51. The van der Waals surface area contributed by atoms with Crippen LogP contribution in [0.2, 0.25) is 5.02 Å². The molecule has 228 valence electrons. The van der Waals surface area contributed by atoms with Crippen molar-refractivity contribution in [3.63, 3.8) is 0 Å². The maximum absolute atomic E-state index is 14.2. The second kappa shape index (κ2) is 14.8. The molecule has 42 heavy (non-hydrogen) atoms. The van der Waals surface area contributed by atoms with Gasteiger partial charge in [-0.25, -0.2) is 9.18 Å². The van der Waals surface area contributed by atoms with Crippen molar-refractivity contribution >= 4 is 29.6 Å². The van der Waals surface area contributed by atoms with Gasteiger partial charge < -0.3 is 14.9 Å². The van der Waals surface area contributed by atoms with E-state index >= 15 is 0 Å². The van der Waals surface area contributed by atoms with Gasteiger partial charge in [0.05, 0.1) is 11.6 Å². The zero-order valence-electron chi connectivity index (χ0n) is 24.1. The van der Waals surface area contributed by atoms with Crippen LogP contribution in [0.15, 0.2) is 30.3 Å². The molecule has 8 nitrogen and oxygen atoms in total. The lowest BCUT2D eigenvalue weighted by Crippen LogP contribution is -2.33. The van der Waals surface area contributed by atoms with Gasteiger partial charge in [-0.3, -0.25) is 19.4 Å². The Hall–Kier alpha value is -3.17. The molecule has 2 aliphatic carbocycles. The summed E-state index contributed by atoms with van der Waals surface area (Å²) in [6.45, 7) is 4.56. The molecule has 1 atom stereocenters. The molecule has 0 spiro atoms. The molecule has 1 heterocycles. The summed E-state index contributed by atoms with van der Waals surface area (Å²) in [6, 6.07) is 10.1. The highest BCUT2D eigenvalue weighted by molar-refractivity contribution is 6.30. The summed E-state index contributed by atoms with van der Waals surface area (Å²) in [5.41, 5.74) is 4.61. The average molecular weight is 603 g/mol. The molecule has 3 aliphatic rings. The number of carboxylic acid groups (broad SMARTS) is 2. The van der Waals surface area contributed by atoms with Crippen molar-refractivity contribution in [1.29, 1.82) is 0 Å². The number of hydrogen-bond acceptors (Lipinski definition) is 5. The first-order valence-electron chi connectivity index (χ1n) is 14.9. The minimum absolute atomic E-state index is 0.111. The van der Waals surface area contributed by atoms with Crippen molar-refractivity contribution in [3.05, 3.63) is 63.4 Å². The molecule has 1 unspecified atom stereocenters. The normalized spacial score (nSPS) is 18.7. The van der Waals surface area contributed by atoms with E-state index in [0.29, 0.717) is 31.9 Å². The first-order chi connectivity index (χ1) is 20.2. The quantitative estimate of drug-likeness (QED) is 0.286. The molecule has 2 aromatic carbocycles. The Labute approximate surface area is 251 Å². The zero-order valence-corrected chi connectivity index (χ0v) is 24.9. The van der Waals surface area contributed by atoms with E-state index in [1.54, 1.807) is 6.07 Å². The van der Waals surface area contributed by atoms with Gasteiger partial charge in [-0.1, -0.05) is 49.9 Å². The number of amides is 2. The van der Waals surface area contributed by atoms with Crippen molar-refractivity contribution in [1.82, 2.24) is 9.80 Å². The summed E-state index contributed by atoms with van der Waals surface area (Å²) in [5, 5.41) is 14.2. The van der Waals surface area contributed by atoms with Gasteiger partial charge in [0.15, 0.2) is 0 Å². The largest absolute Gasteiger partial charge is 0.503 e. The standard InChI is InChI=1S/C31H38ClFN2O3.CH2O3/c1-2-23-16-22(8-11-29(23)38-15-14-35-30(36)12-13-31(35)37)20-34(19-21-6-4-3-5-7-21)28-10-9-24-17-27(33)26(32)18-25(24)28;2-1(3)4/h8,11,16-18,21,28H,2-7,9-10,12-15,19-20H2,1H3;(H2,2,3,4). The fraction of sp³-hybridized carbons (Fsp3) is 0.531. The number of hydrogen-bond donors (Lipinski definition) is 2. The van der Waals surface area contributed by atoms with Gasteiger partial charge in [0, 0.05) is 32.0 Å². The van der Waals surface area contributed by atoms with Gasteiger partial charge in [0.25, 0.3) is 0 Å². The minimum Gasteiger partial charge on any atom is -0.491 e. The van der Waals surface area contributed by atoms with Crippen molar-refractivity contribution < 1.29 is 33.7 Å². The fourth-order valence-corrected chi connectivity index (χ4v) is 6.63. The maximum atomic E-state index is 14.2. The minimum atomic E-state index is -1.83. The Morgan fingerprint density at radius 2 is 1.74 bits per heavy atom. The third-order valence-corrected chi connectivity index (χ3v) is 8.79. The van der Waals surface area contributed by atoms with Crippen LogP contribution < -0.4 is 4.74 Å². The number of likely N-dealkylation sites (tertiary alicyclic amines) is 1. The van der Waals surface area contributed by atoms with Crippen molar-refractivity contribution in [2.45, 2.75) is 83.7 Å². The number of nitrogens with zero attached hydrogens (tertiary/aromatic N) is 2. The van der Waals surface area contributed by atoms with Crippen molar-refractivity contribution in [3.8, 4) is 5.75 Å². The van der Waals surface area contributed by atoms with Crippen LogP contribution in [0.5, 0.6) is 5.75 Å². The fourth-order valence-electron chi connectivity index (χ4n) is 6.46. The van der Waals surface area contributed by atoms with Crippen LogP contribution >= 0.6 is 11.6 Å². The number of carbonyl (C=O) groups is 3. The van der Waals surface area contributed by atoms with E-state index in [9.17, 15) is 14.0 Å². The van der Waals surface area contributed by atoms with Gasteiger partial charge in [-0.15, -0.1) is 0 Å². The molecule has 0 aromatic heterocycles. The Balaban J connectivity index is 0.000000952. The monoisotopic (exact) mass is 602 g/mol. The van der Waals surface area contributed by atoms with E-state index in [-0.39, 0.29) is 28.7 Å². The number of rotatable bonds is 10. The number of ether oxygens (including phenoxy) is 1. The number of imide groups is 1. The van der Waals surface area contributed by atoms with Gasteiger partial charge in [0.2, 0.25) is 11.8 Å². The lowest BCUT2D eigenvalue weighted by atomic mass is 9.88. The zero-order chi connectivity index (χ0) is 30.2. The first kappa shape index (κ1) is 31.8. The highest BCUT2D eigenvalue weighted by Gasteiger charge is 2.31. The van der Waals surface area contributed by atoms with E-state index in [0.717, 1.165) is 49.2 Å². The van der Waals surface area contributed by atoms with Crippen LogP contribution in [0.3, 0.4) is 0 Å². The predicted molar refractivity (Wildman–Crippen MR) is 157 cm³/mol. The lowest BCUT2D eigenvalue weighted by Gasteiger charge is -2.35. The molecule has 2 fully saturated rings. The maximum Gasteiger partial charge on any atom is 0.503 e. The van der Waals surface area contributed by atoms with Crippen LogP contribution in [0.1, 0.15) is 86.6 Å². The van der Waals surface area contributed by atoms with E-state index in [2.05, 4.69) is 24.0 Å². The van der Waals surface area contributed by atoms with Crippen LogP contribution in [-0.2, 0) is 29.0 Å². The molecule has 2 aromatic rings. The molecular weight excluding hydrogens is 563 g/mol. The number of benzene rings is 2. The lowest BCUT2D eigenvalue weighted by molar-refractivity contribution is -0.138.